The van der Waals surface area contributed by atoms with Crippen LogP contribution in [-0.2, 0) is 16.7 Å². The number of nitrogens with zero attached hydrogens (tertiary/aromatic N) is 3. The predicted molar refractivity (Wildman–Crippen MR) is 111 cm³/mol. The number of rotatable bonds is 5. The molecule has 30 heavy (non-hydrogen) atoms. The Hall–Kier alpha value is -2.42. The fraction of sp³-hybridized carbons (Fsp3) is 0.429. The number of amidine groups is 1. The van der Waals surface area contributed by atoms with E-state index < -0.39 is 23.7 Å². The quantitative estimate of drug-likeness (QED) is 0.633. The van der Waals surface area contributed by atoms with Crippen molar-refractivity contribution in [3.8, 4) is 0 Å². The molecule has 1 atom stereocenters. The first kappa shape index (κ1) is 22.3. The maximum absolute atomic E-state index is 13.0. The maximum Gasteiger partial charge on any atom is 0.445 e. The Kier molecular flexibility index (Phi) is 6.21. The predicted octanol–water partition coefficient (Wildman–Crippen LogP) is 4.57. The van der Waals surface area contributed by atoms with Crippen LogP contribution in [0.3, 0.4) is 0 Å². The molecule has 2 aliphatic heterocycles. The highest BCUT2D eigenvalue weighted by molar-refractivity contribution is 8.02. The van der Waals surface area contributed by atoms with Crippen molar-refractivity contribution in [2.45, 2.75) is 32.2 Å². The van der Waals surface area contributed by atoms with E-state index in [-0.39, 0.29) is 11.7 Å². The summed E-state index contributed by atoms with van der Waals surface area (Å²) in [5, 5.41) is 0. The zero-order valence-electron chi connectivity index (χ0n) is 17.2. The molecule has 0 radical (unpaired) electrons. The second kappa shape index (κ2) is 8.37. The van der Waals surface area contributed by atoms with Crippen LogP contribution >= 0.6 is 11.8 Å². The number of imide groups is 1. The SMILES string of the molecule is CC(C)CC1=C(SCc2cccc(C(F)(F)F)c2)C2C(=O)N(C)C(=O)[N+](C)=C2N=C1. The lowest BCUT2D eigenvalue weighted by molar-refractivity contribution is -0.407. The van der Waals surface area contributed by atoms with E-state index in [0.29, 0.717) is 23.7 Å². The number of thioether (sulfide) groups is 1. The van der Waals surface area contributed by atoms with E-state index >= 15 is 0 Å². The number of carbonyl (C=O) groups is 2. The van der Waals surface area contributed by atoms with Crippen molar-refractivity contribution in [1.82, 2.24) is 4.90 Å². The molecule has 5 nitrogen and oxygen atoms in total. The second-order valence-corrected chi connectivity index (χ2v) is 8.78. The van der Waals surface area contributed by atoms with Crippen LogP contribution in [0.15, 0.2) is 39.7 Å². The smallest absolute Gasteiger partial charge is 0.255 e. The van der Waals surface area contributed by atoms with Crippen LogP contribution in [0.5, 0.6) is 0 Å². The highest BCUT2D eigenvalue weighted by atomic mass is 32.2. The maximum atomic E-state index is 13.0. The van der Waals surface area contributed by atoms with E-state index in [2.05, 4.69) is 4.99 Å². The molecular weight excluding hydrogens is 415 g/mol. The number of alkyl halides is 3. The van der Waals surface area contributed by atoms with Gasteiger partial charge in [-0.15, -0.1) is 16.8 Å². The fourth-order valence-corrected chi connectivity index (χ4v) is 4.66. The molecule has 9 heteroatoms. The number of carbonyl (C=O) groups excluding carboxylic acids is 2. The third-order valence-corrected chi connectivity index (χ3v) is 6.25. The number of dihydropyridines is 1. The first-order chi connectivity index (χ1) is 14.0. The number of hydrogen-bond donors (Lipinski definition) is 0. The normalized spacial score (nSPS) is 19.9. The van der Waals surface area contributed by atoms with Gasteiger partial charge in [-0.25, -0.2) is 4.79 Å². The molecule has 0 saturated carbocycles. The number of halogens is 3. The third-order valence-electron chi connectivity index (χ3n) is 4.96. The van der Waals surface area contributed by atoms with E-state index in [9.17, 15) is 22.8 Å². The Morgan fingerprint density at radius 1 is 1.27 bits per heavy atom. The lowest BCUT2D eigenvalue weighted by Crippen LogP contribution is -2.52. The van der Waals surface area contributed by atoms with Gasteiger partial charge in [-0.05, 0) is 29.5 Å². The Labute approximate surface area is 177 Å². The van der Waals surface area contributed by atoms with Crippen molar-refractivity contribution in [2.24, 2.45) is 16.8 Å². The van der Waals surface area contributed by atoms with Gasteiger partial charge in [0, 0.05) is 10.7 Å². The Morgan fingerprint density at radius 2 is 1.97 bits per heavy atom. The summed E-state index contributed by atoms with van der Waals surface area (Å²) in [6, 6.07) is 4.72. The lowest BCUT2D eigenvalue weighted by atomic mass is 9.94. The summed E-state index contributed by atoms with van der Waals surface area (Å²) in [4.78, 5) is 31.4. The van der Waals surface area contributed by atoms with Crippen LogP contribution < -0.4 is 0 Å². The van der Waals surface area contributed by atoms with Gasteiger partial charge in [0.05, 0.1) is 19.7 Å². The minimum absolute atomic E-state index is 0.271. The molecule has 0 fully saturated rings. The summed E-state index contributed by atoms with van der Waals surface area (Å²) < 4.78 is 40.5. The van der Waals surface area contributed by atoms with Crippen molar-refractivity contribution >= 4 is 35.8 Å². The standard InChI is InChI=1S/C21H23F3N3O2S/c1-12(2)8-14-10-25-18-16(19(28)27(4)20(29)26(18)3)17(14)30-11-13-6-5-7-15(9-13)21(22,23)24/h5-7,9-10,12,16H,8,11H2,1-4H3/q+1. The van der Waals surface area contributed by atoms with Crippen molar-refractivity contribution in [3.63, 3.8) is 0 Å². The van der Waals surface area contributed by atoms with Crippen molar-refractivity contribution in [1.29, 1.82) is 0 Å². The van der Waals surface area contributed by atoms with Gasteiger partial charge >= 0.3 is 18.1 Å². The Balaban J connectivity index is 1.98. The molecule has 160 valence electrons. The number of hydrogen-bond acceptors (Lipinski definition) is 4. The third kappa shape index (κ3) is 4.35. The van der Waals surface area contributed by atoms with Crippen LogP contribution in [0.4, 0.5) is 18.0 Å². The molecular formula is C21H23F3N3O2S+. The highest BCUT2D eigenvalue weighted by Gasteiger charge is 2.48. The largest absolute Gasteiger partial charge is 0.445 e. The van der Waals surface area contributed by atoms with Crippen LogP contribution in [0.2, 0.25) is 0 Å². The van der Waals surface area contributed by atoms with Crippen LogP contribution in [-0.4, -0.2) is 47.6 Å². The second-order valence-electron chi connectivity index (χ2n) is 7.76. The monoisotopic (exact) mass is 438 g/mol. The van der Waals surface area contributed by atoms with E-state index in [1.807, 2.05) is 13.8 Å². The van der Waals surface area contributed by atoms with E-state index in [1.54, 1.807) is 19.3 Å². The average Bonchev–Trinajstić information content (AvgIpc) is 2.68. The average molecular weight is 438 g/mol. The van der Waals surface area contributed by atoms with E-state index in [0.717, 1.165) is 27.5 Å². The molecule has 0 aromatic heterocycles. The summed E-state index contributed by atoms with van der Waals surface area (Å²) in [5.74, 6) is -0.187. The van der Waals surface area contributed by atoms with E-state index in [1.165, 1.54) is 29.5 Å². The summed E-state index contributed by atoms with van der Waals surface area (Å²) >= 11 is 1.33. The highest BCUT2D eigenvalue weighted by Crippen LogP contribution is 2.39. The topological polar surface area (TPSA) is 52.8 Å². The molecule has 2 aliphatic rings. The number of amides is 3. The van der Waals surface area contributed by atoms with Gasteiger partial charge in [0.15, 0.2) is 5.92 Å². The molecule has 3 amide bonds. The van der Waals surface area contributed by atoms with E-state index in [4.69, 9.17) is 0 Å². The lowest BCUT2D eigenvalue weighted by Gasteiger charge is -2.28. The summed E-state index contributed by atoms with van der Waals surface area (Å²) in [6.07, 6.45) is -2.07. The zero-order chi connectivity index (χ0) is 22.2. The van der Waals surface area contributed by atoms with Gasteiger partial charge in [-0.1, -0.05) is 32.0 Å². The molecule has 0 bridgehead atoms. The molecule has 0 N–H and O–H groups in total. The van der Waals surface area contributed by atoms with Crippen molar-refractivity contribution < 1.29 is 27.3 Å². The van der Waals surface area contributed by atoms with Crippen LogP contribution in [0.1, 0.15) is 31.4 Å². The summed E-state index contributed by atoms with van der Waals surface area (Å²) in [7, 11) is 2.99. The van der Waals surface area contributed by atoms with Crippen molar-refractivity contribution in [3.05, 3.63) is 45.9 Å². The number of allylic oxidation sites excluding steroid dienone is 1. The molecule has 3 rings (SSSR count). The molecule has 1 unspecified atom stereocenters. The van der Waals surface area contributed by atoms with Gasteiger partial charge in [0.25, 0.3) is 5.84 Å². The summed E-state index contributed by atoms with van der Waals surface area (Å²) in [6.45, 7) is 4.08. The molecule has 0 spiro atoms. The number of urea groups is 1. The van der Waals surface area contributed by atoms with Crippen LogP contribution in [0.25, 0.3) is 0 Å². The molecule has 1 aromatic carbocycles. The Morgan fingerprint density at radius 3 is 2.60 bits per heavy atom. The first-order valence-electron chi connectivity index (χ1n) is 9.48. The van der Waals surface area contributed by atoms with Gasteiger partial charge < -0.3 is 0 Å². The van der Waals surface area contributed by atoms with Crippen molar-refractivity contribution in [2.75, 3.05) is 14.1 Å². The number of benzene rings is 1. The minimum Gasteiger partial charge on any atom is -0.255 e. The molecule has 1 aromatic rings. The first-order valence-corrected chi connectivity index (χ1v) is 10.5. The zero-order valence-corrected chi connectivity index (χ0v) is 18.0. The minimum atomic E-state index is -4.41. The number of aliphatic imine (C=N–C) groups is 1. The van der Waals surface area contributed by atoms with Gasteiger partial charge in [0.1, 0.15) is 6.21 Å². The van der Waals surface area contributed by atoms with Gasteiger partial charge in [-0.2, -0.15) is 22.6 Å². The fourth-order valence-electron chi connectivity index (χ4n) is 3.47. The van der Waals surface area contributed by atoms with Gasteiger partial charge in [0.2, 0.25) is 0 Å². The number of fused-ring (bicyclic) bond motifs is 1. The Bertz CT molecular complexity index is 980. The molecule has 2 heterocycles. The van der Waals surface area contributed by atoms with Crippen LogP contribution in [0, 0.1) is 11.8 Å². The summed E-state index contributed by atoms with van der Waals surface area (Å²) in [5.41, 5.74) is 0.685. The van der Waals surface area contributed by atoms with Gasteiger partial charge in [-0.3, -0.25) is 4.79 Å². The molecule has 0 saturated heterocycles. The molecule has 0 aliphatic carbocycles.